The molecule has 1 aliphatic carbocycles. The molecule has 0 amide bonds. The van der Waals surface area contributed by atoms with Crippen molar-refractivity contribution in [2.75, 3.05) is 13.1 Å². The van der Waals surface area contributed by atoms with Crippen LogP contribution >= 0.6 is 23.1 Å². The summed E-state index contributed by atoms with van der Waals surface area (Å²) >= 11 is 7.79. The summed E-state index contributed by atoms with van der Waals surface area (Å²) in [6.07, 6.45) is 6.76. The van der Waals surface area contributed by atoms with Crippen molar-refractivity contribution in [2.24, 2.45) is 4.99 Å². The lowest BCUT2D eigenvalue weighted by Gasteiger charge is -2.23. The fourth-order valence-corrected chi connectivity index (χ4v) is 4.90. The predicted molar refractivity (Wildman–Crippen MR) is 126 cm³/mol. The van der Waals surface area contributed by atoms with Crippen LogP contribution in [0.4, 0.5) is 5.69 Å². The van der Waals surface area contributed by atoms with E-state index in [2.05, 4.69) is 43.5 Å². The monoisotopic (exact) mass is 452 g/mol. The molecule has 2 aliphatic rings. The van der Waals surface area contributed by atoms with Gasteiger partial charge in [0.1, 0.15) is 11.6 Å². The second-order valence-corrected chi connectivity index (χ2v) is 9.41. The zero-order valence-corrected chi connectivity index (χ0v) is 19.1. The minimum absolute atomic E-state index is 0.382. The van der Waals surface area contributed by atoms with E-state index in [0.29, 0.717) is 27.8 Å². The quantitative estimate of drug-likeness (QED) is 0.308. The van der Waals surface area contributed by atoms with Gasteiger partial charge < -0.3 is 9.64 Å². The second kappa shape index (κ2) is 8.97. The van der Waals surface area contributed by atoms with Crippen LogP contribution in [0.5, 0.6) is 10.9 Å². The van der Waals surface area contributed by atoms with Gasteiger partial charge in [0.05, 0.1) is 17.0 Å². The minimum atomic E-state index is 0.382. The molecule has 2 atom stereocenters. The first kappa shape index (κ1) is 20.5. The molecule has 1 saturated heterocycles. The Labute approximate surface area is 191 Å². The smallest absolute Gasteiger partial charge is 0.298 e. The highest BCUT2D eigenvalue weighted by Gasteiger charge is 2.42. The van der Waals surface area contributed by atoms with E-state index in [1.165, 1.54) is 36.4 Å². The van der Waals surface area contributed by atoms with E-state index in [1.807, 2.05) is 31.5 Å². The Balaban J connectivity index is 1.25. The van der Waals surface area contributed by atoms with Crippen LogP contribution in [0.15, 0.2) is 47.5 Å². The van der Waals surface area contributed by atoms with E-state index in [-0.39, 0.29) is 0 Å². The molecule has 2 aromatic carbocycles. The Morgan fingerprint density at radius 3 is 2.74 bits per heavy atom. The number of hydrogen-bond acceptors (Lipinski definition) is 5. The summed E-state index contributed by atoms with van der Waals surface area (Å²) < 4.78 is 10.6. The molecule has 31 heavy (non-hydrogen) atoms. The maximum Gasteiger partial charge on any atom is 0.298 e. The number of hydrogen-bond donors (Lipinski definition) is 0. The van der Waals surface area contributed by atoms with Gasteiger partial charge in [-0.2, -0.15) is 9.36 Å². The molecule has 7 heteroatoms. The molecule has 0 spiro atoms. The standard InChI is InChI=1S/C24H25ClN4OS/c1-16-12-21(26-15-29-10-6-3-7-11-29)20(25)14-22(16)30-24-27-23(28-31-24)19-13-18(19)17-8-4-2-5-9-17/h2,4-5,8-9,12,14-15,18-19H,3,6-7,10-11,13H2,1H3/t18-,19+/m0/s1. The number of likely N-dealkylation sites (tertiary alicyclic amines) is 1. The molecular weight excluding hydrogens is 428 g/mol. The second-order valence-electron chi connectivity index (χ2n) is 8.29. The zero-order valence-electron chi connectivity index (χ0n) is 17.5. The molecule has 3 aromatic rings. The predicted octanol–water partition coefficient (Wildman–Crippen LogP) is 6.71. The number of rotatable bonds is 6. The lowest BCUT2D eigenvalue weighted by Crippen LogP contribution is -2.27. The summed E-state index contributed by atoms with van der Waals surface area (Å²) in [6.45, 7) is 4.12. The van der Waals surface area contributed by atoms with E-state index in [9.17, 15) is 0 Å². The van der Waals surface area contributed by atoms with Crippen molar-refractivity contribution >= 4 is 35.2 Å². The van der Waals surface area contributed by atoms with Crippen LogP contribution < -0.4 is 4.74 Å². The zero-order chi connectivity index (χ0) is 21.2. The van der Waals surface area contributed by atoms with Crippen LogP contribution in [0.3, 0.4) is 0 Å². The lowest BCUT2D eigenvalue weighted by atomic mass is 10.1. The summed E-state index contributed by atoms with van der Waals surface area (Å²) in [7, 11) is 0. The number of nitrogens with zero attached hydrogens (tertiary/aromatic N) is 4. The van der Waals surface area contributed by atoms with Crippen LogP contribution in [-0.2, 0) is 0 Å². The largest absolute Gasteiger partial charge is 0.430 e. The third kappa shape index (κ3) is 4.75. The normalized spacial score (nSPS) is 20.9. The van der Waals surface area contributed by atoms with Gasteiger partial charge in [0, 0.05) is 36.6 Å². The molecule has 160 valence electrons. The fourth-order valence-electron chi connectivity index (χ4n) is 4.09. The fraction of sp³-hybridized carbons (Fsp3) is 0.375. The molecule has 1 saturated carbocycles. The van der Waals surface area contributed by atoms with Crippen LogP contribution in [-0.4, -0.2) is 33.7 Å². The van der Waals surface area contributed by atoms with Gasteiger partial charge in [-0.05, 0) is 55.7 Å². The lowest BCUT2D eigenvalue weighted by molar-refractivity contribution is 0.351. The van der Waals surface area contributed by atoms with Crippen molar-refractivity contribution in [3.05, 3.63) is 64.4 Å². The highest BCUT2D eigenvalue weighted by atomic mass is 35.5. The molecule has 5 nitrogen and oxygen atoms in total. The Morgan fingerprint density at radius 1 is 1.13 bits per heavy atom. The van der Waals surface area contributed by atoms with Crippen molar-refractivity contribution in [1.82, 2.24) is 14.3 Å². The van der Waals surface area contributed by atoms with Crippen molar-refractivity contribution in [3.8, 4) is 10.9 Å². The van der Waals surface area contributed by atoms with Crippen molar-refractivity contribution in [3.63, 3.8) is 0 Å². The van der Waals surface area contributed by atoms with E-state index >= 15 is 0 Å². The summed E-state index contributed by atoms with van der Waals surface area (Å²) in [5.41, 5.74) is 3.09. The van der Waals surface area contributed by atoms with Crippen LogP contribution in [0.2, 0.25) is 5.02 Å². The molecule has 0 radical (unpaired) electrons. The average molecular weight is 453 g/mol. The van der Waals surface area contributed by atoms with Gasteiger partial charge in [0.15, 0.2) is 0 Å². The van der Waals surface area contributed by atoms with Crippen molar-refractivity contribution in [1.29, 1.82) is 0 Å². The van der Waals surface area contributed by atoms with E-state index in [4.69, 9.17) is 16.3 Å². The summed E-state index contributed by atoms with van der Waals surface area (Å²) in [4.78, 5) is 11.5. The molecule has 1 aromatic heterocycles. The first-order chi connectivity index (χ1) is 15.2. The number of aliphatic imine (C=N–C) groups is 1. The summed E-state index contributed by atoms with van der Waals surface area (Å²) in [5, 5.41) is 1.13. The summed E-state index contributed by atoms with van der Waals surface area (Å²) in [6, 6.07) is 14.4. The molecule has 1 aliphatic heterocycles. The Morgan fingerprint density at radius 2 is 1.94 bits per heavy atom. The molecule has 5 rings (SSSR count). The SMILES string of the molecule is Cc1cc(N=CN2CCCCC2)c(Cl)cc1Oc1nc([C@@H]2C[C@H]2c2ccccc2)ns1. The van der Waals surface area contributed by atoms with Gasteiger partial charge in [-0.1, -0.05) is 41.9 Å². The number of aryl methyl sites for hydroxylation is 1. The maximum absolute atomic E-state index is 6.49. The van der Waals surface area contributed by atoms with Crippen LogP contribution in [0, 0.1) is 6.92 Å². The first-order valence-corrected chi connectivity index (χ1v) is 12.0. The van der Waals surface area contributed by atoms with Crippen molar-refractivity contribution < 1.29 is 4.74 Å². The van der Waals surface area contributed by atoms with Gasteiger partial charge in [-0.25, -0.2) is 4.99 Å². The van der Waals surface area contributed by atoms with Crippen molar-refractivity contribution in [2.45, 2.75) is 44.4 Å². The molecule has 0 unspecified atom stereocenters. The minimum Gasteiger partial charge on any atom is -0.430 e. The number of piperidine rings is 1. The first-order valence-electron chi connectivity index (χ1n) is 10.8. The number of ether oxygens (including phenoxy) is 1. The molecular formula is C24H25ClN4OS. The third-order valence-corrected chi connectivity index (χ3v) is 6.88. The van der Waals surface area contributed by atoms with Gasteiger partial charge in [0.25, 0.3) is 5.19 Å². The van der Waals surface area contributed by atoms with E-state index in [1.54, 1.807) is 0 Å². The molecule has 0 N–H and O–H groups in total. The van der Waals surface area contributed by atoms with E-state index < -0.39 is 0 Å². The number of benzene rings is 2. The number of aromatic nitrogens is 2. The van der Waals surface area contributed by atoms with Gasteiger partial charge >= 0.3 is 0 Å². The molecule has 0 bridgehead atoms. The summed E-state index contributed by atoms with van der Waals surface area (Å²) in [5.74, 6) is 2.46. The topological polar surface area (TPSA) is 50.6 Å². The van der Waals surface area contributed by atoms with Crippen LogP contribution in [0.1, 0.15) is 54.5 Å². The Kier molecular flexibility index (Phi) is 5.92. The Bertz CT molecular complexity index is 1080. The van der Waals surface area contributed by atoms with Crippen LogP contribution in [0.25, 0.3) is 0 Å². The Hall–Kier alpha value is -2.44. The molecule has 2 fully saturated rings. The maximum atomic E-state index is 6.49. The van der Waals surface area contributed by atoms with E-state index in [0.717, 1.165) is 36.6 Å². The average Bonchev–Trinajstić information content (AvgIpc) is 3.47. The highest BCUT2D eigenvalue weighted by molar-refractivity contribution is 7.07. The number of halogens is 1. The van der Waals surface area contributed by atoms with Gasteiger partial charge in [-0.15, -0.1) is 0 Å². The highest BCUT2D eigenvalue weighted by Crippen LogP contribution is 2.54. The van der Waals surface area contributed by atoms with Gasteiger partial charge in [0.2, 0.25) is 0 Å². The molecule has 2 heterocycles. The van der Waals surface area contributed by atoms with Gasteiger partial charge in [-0.3, -0.25) is 0 Å². The third-order valence-electron chi connectivity index (χ3n) is 5.97.